The van der Waals surface area contributed by atoms with E-state index in [-0.39, 0.29) is 15.6 Å². The van der Waals surface area contributed by atoms with Crippen LogP contribution in [0.15, 0.2) is 44.8 Å². The molecule has 22 heavy (non-hydrogen) atoms. The summed E-state index contributed by atoms with van der Waals surface area (Å²) in [7, 11) is -5.93. The van der Waals surface area contributed by atoms with Crippen LogP contribution in [0.4, 0.5) is 0 Å². The molecular formula is C12H13ClN2O4S3. The molecule has 0 bridgehead atoms. The minimum Gasteiger partial charge on any atom is -0.214 e. The molecule has 1 heterocycles. The van der Waals surface area contributed by atoms with Crippen molar-refractivity contribution < 1.29 is 16.8 Å². The molecule has 0 aliphatic carbocycles. The Morgan fingerprint density at radius 1 is 1.14 bits per heavy atom. The molecule has 10 heteroatoms. The van der Waals surface area contributed by atoms with Crippen molar-refractivity contribution in [3.63, 3.8) is 0 Å². The second-order valence-corrected chi connectivity index (χ2v) is 9.49. The SMILES string of the molecule is CNS(=O)(=O)c1cccc(CNS(=O)(=O)c2cc(Cl)cs2)c1. The molecule has 6 nitrogen and oxygen atoms in total. The predicted octanol–water partition coefficient (Wildman–Crippen LogP) is 1.79. The van der Waals surface area contributed by atoms with Crippen LogP contribution in [-0.2, 0) is 26.6 Å². The van der Waals surface area contributed by atoms with E-state index in [1.54, 1.807) is 12.1 Å². The van der Waals surface area contributed by atoms with E-state index < -0.39 is 20.0 Å². The monoisotopic (exact) mass is 380 g/mol. The fraction of sp³-hybridized carbons (Fsp3) is 0.167. The second kappa shape index (κ2) is 6.65. The molecule has 1 aromatic carbocycles. The topological polar surface area (TPSA) is 92.3 Å². The molecule has 1 aromatic heterocycles. The van der Waals surface area contributed by atoms with Gasteiger partial charge in [-0.25, -0.2) is 26.3 Å². The molecule has 0 aliphatic rings. The first kappa shape index (κ1) is 17.4. The van der Waals surface area contributed by atoms with Gasteiger partial charge in [-0.3, -0.25) is 0 Å². The first-order chi connectivity index (χ1) is 10.2. The summed E-state index contributed by atoms with van der Waals surface area (Å²) in [6, 6.07) is 7.39. The van der Waals surface area contributed by atoms with Gasteiger partial charge in [-0.1, -0.05) is 23.7 Å². The van der Waals surface area contributed by atoms with Crippen LogP contribution >= 0.6 is 22.9 Å². The Labute approximate surface area is 138 Å². The zero-order valence-corrected chi connectivity index (χ0v) is 14.6. The van der Waals surface area contributed by atoms with Gasteiger partial charge in [0.05, 0.1) is 9.92 Å². The zero-order valence-electron chi connectivity index (χ0n) is 11.4. The van der Waals surface area contributed by atoms with Crippen LogP contribution in [0.25, 0.3) is 0 Å². The molecule has 0 atom stereocenters. The summed E-state index contributed by atoms with van der Waals surface area (Å²) < 4.78 is 52.3. The van der Waals surface area contributed by atoms with Crippen molar-refractivity contribution in [1.82, 2.24) is 9.44 Å². The maximum Gasteiger partial charge on any atom is 0.250 e. The molecule has 2 rings (SSSR count). The lowest BCUT2D eigenvalue weighted by Crippen LogP contribution is -2.23. The maximum absolute atomic E-state index is 12.1. The Kier molecular flexibility index (Phi) is 5.25. The highest BCUT2D eigenvalue weighted by Gasteiger charge is 2.17. The number of hydrogen-bond acceptors (Lipinski definition) is 5. The zero-order chi connectivity index (χ0) is 16.4. The van der Waals surface area contributed by atoms with E-state index in [1.807, 2.05) is 0 Å². The summed E-state index contributed by atoms with van der Waals surface area (Å²) in [4.78, 5) is 0.0749. The molecule has 0 amide bonds. The van der Waals surface area contributed by atoms with Gasteiger partial charge in [0.1, 0.15) is 4.21 Å². The van der Waals surface area contributed by atoms with Gasteiger partial charge in [-0.15, -0.1) is 11.3 Å². The molecule has 0 fully saturated rings. The molecule has 2 N–H and O–H groups in total. The van der Waals surface area contributed by atoms with Crippen molar-refractivity contribution in [2.24, 2.45) is 0 Å². The molecule has 0 saturated carbocycles. The molecule has 0 unspecified atom stereocenters. The van der Waals surface area contributed by atoms with E-state index in [1.165, 1.54) is 30.6 Å². The van der Waals surface area contributed by atoms with Crippen LogP contribution in [0.1, 0.15) is 5.56 Å². The molecule has 120 valence electrons. The van der Waals surface area contributed by atoms with Gasteiger partial charge >= 0.3 is 0 Å². The number of nitrogens with one attached hydrogen (secondary N) is 2. The van der Waals surface area contributed by atoms with E-state index in [0.717, 1.165) is 11.3 Å². The minimum absolute atomic E-state index is 0.0229. The van der Waals surface area contributed by atoms with Crippen molar-refractivity contribution in [3.05, 3.63) is 46.3 Å². The summed E-state index contributed by atoms with van der Waals surface area (Å²) in [6.07, 6.45) is 0. The van der Waals surface area contributed by atoms with Crippen molar-refractivity contribution in [3.8, 4) is 0 Å². The maximum atomic E-state index is 12.1. The predicted molar refractivity (Wildman–Crippen MR) is 86.0 cm³/mol. The second-order valence-electron chi connectivity index (χ2n) is 4.26. The fourth-order valence-electron chi connectivity index (χ4n) is 1.63. The Balaban J connectivity index is 2.17. The number of rotatable bonds is 6. The van der Waals surface area contributed by atoms with E-state index in [9.17, 15) is 16.8 Å². The quantitative estimate of drug-likeness (QED) is 0.799. The Hall–Kier alpha value is -0.970. The van der Waals surface area contributed by atoms with Gasteiger partial charge in [0.25, 0.3) is 0 Å². The molecule has 0 radical (unpaired) electrons. The summed E-state index contributed by atoms with van der Waals surface area (Å²) in [5.41, 5.74) is 0.530. The summed E-state index contributed by atoms with van der Waals surface area (Å²) in [6.45, 7) is -0.0229. The van der Waals surface area contributed by atoms with Gasteiger partial charge in [0, 0.05) is 11.9 Å². The van der Waals surface area contributed by atoms with Gasteiger partial charge in [-0.2, -0.15) is 0 Å². The summed E-state index contributed by atoms with van der Waals surface area (Å²) >= 11 is 6.73. The molecule has 0 spiro atoms. The van der Waals surface area contributed by atoms with Gasteiger partial charge < -0.3 is 0 Å². The van der Waals surface area contributed by atoms with Crippen LogP contribution in [0.2, 0.25) is 5.02 Å². The first-order valence-corrected chi connectivity index (χ1v) is 10.2. The number of sulfonamides is 2. The highest BCUT2D eigenvalue weighted by molar-refractivity contribution is 7.91. The van der Waals surface area contributed by atoms with Crippen molar-refractivity contribution in [2.45, 2.75) is 15.6 Å². The van der Waals surface area contributed by atoms with Crippen LogP contribution in [0.5, 0.6) is 0 Å². The molecule has 0 aliphatic heterocycles. The number of thiophene rings is 1. The Morgan fingerprint density at radius 3 is 2.45 bits per heavy atom. The minimum atomic E-state index is -3.67. The largest absolute Gasteiger partial charge is 0.250 e. The lowest BCUT2D eigenvalue weighted by atomic mass is 10.2. The summed E-state index contributed by atoms with van der Waals surface area (Å²) in [5.74, 6) is 0. The summed E-state index contributed by atoms with van der Waals surface area (Å²) in [5, 5.41) is 1.88. The molecule has 0 saturated heterocycles. The van der Waals surface area contributed by atoms with Gasteiger partial charge in [-0.05, 0) is 30.8 Å². The van der Waals surface area contributed by atoms with E-state index in [2.05, 4.69) is 9.44 Å². The number of halogens is 1. The smallest absolute Gasteiger partial charge is 0.214 e. The number of benzene rings is 1. The average Bonchev–Trinajstić information content (AvgIpc) is 2.93. The van der Waals surface area contributed by atoms with Crippen molar-refractivity contribution in [1.29, 1.82) is 0 Å². The van der Waals surface area contributed by atoms with E-state index in [0.29, 0.717) is 10.6 Å². The third kappa shape index (κ3) is 4.06. The standard InChI is InChI=1S/C12H13ClN2O4S3/c1-14-21(16,17)11-4-2-3-9(5-11)7-15-22(18,19)12-6-10(13)8-20-12/h2-6,8,14-15H,7H2,1H3. The highest BCUT2D eigenvalue weighted by atomic mass is 35.5. The van der Waals surface area contributed by atoms with Crippen LogP contribution in [0.3, 0.4) is 0 Å². The van der Waals surface area contributed by atoms with Crippen molar-refractivity contribution in [2.75, 3.05) is 7.05 Å². The third-order valence-corrected chi connectivity index (χ3v) is 7.35. The lowest BCUT2D eigenvalue weighted by molar-refractivity contribution is 0.583. The van der Waals surface area contributed by atoms with Crippen LogP contribution in [-0.4, -0.2) is 23.9 Å². The van der Waals surface area contributed by atoms with E-state index in [4.69, 9.17) is 11.6 Å². The van der Waals surface area contributed by atoms with Gasteiger partial charge in [0.15, 0.2) is 0 Å². The van der Waals surface area contributed by atoms with Gasteiger partial charge in [0.2, 0.25) is 20.0 Å². The first-order valence-electron chi connectivity index (χ1n) is 6.01. The van der Waals surface area contributed by atoms with Crippen LogP contribution in [0, 0.1) is 0 Å². The molecular weight excluding hydrogens is 368 g/mol. The van der Waals surface area contributed by atoms with Crippen LogP contribution < -0.4 is 9.44 Å². The third-order valence-electron chi connectivity index (χ3n) is 2.75. The average molecular weight is 381 g/mol. The number of hydrogen-bond donors (Lipinski definition) is 2. The fourth-order valence-corrected chi connectivity index (χ4v) is 4.90. The lowest BCUT2D eigenvalue weighted by Gasteiger charge is -2.07. The normalized spacial score (nSPS) is 12.5. The highest BCUT2D eigenvalue weighted by Crippen LogP contribution is 2.23. The molecule has 2 aromatic rings. The Bertz CT molecular complexity index is 875. The van der Waals surface area contributed by atoms with E-state index >= 15 is 0 Å². The Morgan fingerprint density at radius 2 is 1.86 bits per heavy atom. The van der Waals surface area contributed by atoms with Crippen molar-refractivity contribution >= 4 is 43.0 Å².